The van der Waals surface area contributed by atoms with Gasteiger partial charge in [-0.05, 0) is 42.8 Å². The fourth-order valence-electron chi connectivity index (χ4n) is 2.52. The third kappa shape index (κ3) is 4.76. The van der Waals surface area contributed by atoms with Gasteiger partial charge in [0.2, 0.25) is 5.91 Å². The number of thioether (sulfide) groups is 1. The van der Waals surface area contributed by atoms with Crippen LogP contribution in [-0.2, 0) is 9.59 Å². The highest BCUT2D eigenvalue weighted by molar-refractivity contribution is 8.14. The summed E-state index contributed by atoms with van der Waals surface area (Å²) in [6.07, 6.45) is -0.0976. The molecule has 2 aromatic carbocycles. The van der Waals surface area contributed by atoms with Gasteiger partial charge in [0.05, 0.1) is 12.1 Å². The topological polar surface area (TPSA) is 85.6 Å². The molecule has 0 bridgehead atoms. The maximum Gasteiger partial charge on any atom is 0.250 e. The van der Waals surface area contributed by atoms with Crippen molar-refractivity contribution >= 4 is 51.7 Å². The van der Waals surface area contributed by atoms with E-state index in [4.69, 9.17) is 17.0 Å². The van der Waals surface area contributed by atoms with Crippen molar-refractivity contribution in [2.24, 2.45) is 5.10 Å². The van der Waals surface area contributed by atoms with Crippen molar-refractivity contribution in [3.63, 3.8) is 0 Å². The second-order valence-electron chi connectivity index (χ2n) is 6.01. The number of halogens is 2. The average Bonchev–Trinajstić information content (AvgIpc) is 2.65. The molecular formula is C19H16ClFN4O2S. The molecule has 2 aromatic rings. The monoisotopic (exact) mass is 418 g/mol. The normalized spacial score (nSPS) is 17.6. The summed E-state index contributed by atoms with van der Waals surface area (Å²) in [5, 5.41) is 15.5. The molecule has 0 aliphatic carbocycles. The molecule has 1 aliphatic heterocycles. The summed E-state index contributed by atoms with van der Waals surface area (Å²) in [7, 11) is 0. The zero-order chi connectivity index (χ0) is 20.3. The molecule has 0 saturated carbocycles. The molecular weight excluding hydrogens is 403 g/mol. The Kier molecular flexibility index (Phi) is 6.11. The molecule has 1 unspecified atom stereocenters. The number of amides is 2. The zero-order valence-electron chi connectivity index (χ0n) is 14.8. The number of nitrogens with one attached hydrogen (secondary N) is 2. The lowest BCUT2D eigenvalue weighted by molar-refractivity contribution is -0.129. The summed E-state index contributed by atoms with van der Waals surface area (Å²) in [5.41, 5.74) is 1.61. The molecule has 0 radical (unpaired) electrons. The predicted octanol–water partition coefficient (Wildman–Crippen LogP) is 4.11. The molecule has 1 heterocycles. The minimum Gasteiger partial charge on any atom is -0.325 e. The Morgan fingerprint density at radius 2 is 2.04 bits per heavy atom. The third-order valence-electron chi connectivity index (χ3n) is 3.94. The van der Waals surface area contributed by atoms with E-state index in [9.17, 15) is 14.0 Å². The zero-order valence-corrected chi connectivity index (χ0v) is 16.4. The van der Waals surface area contributed by atoms with Crippen LogP contribution in [0.4, 0.5) is 10.1 Å². The first kappa shape index (κ1) is 20.0. The van der Waals surface area contributed by atoms with Gasteiger partial charge in [0.1, 0.15) is 11.1 Å². The molecule has 1 saturated heterocycles. The summed E-state index contributed by atoms with van der Waals surface area (Å²) in [6.45, 7) is 1.66. The molecule has 0 aromatic heterocycles. The van der Waals surface area contributed by atoms with Crippen LogP contribution in [0.25, 0.3) is 0 Å². The van der Waals surface area contributed by atoms with Gasteiger partial charge >= 0.3 is 0 Å². The first-order chi connectivity index (χ1) is 13.3. The molecule has 1 aliphatic rings. The maximum atomic E-state index is 13.0. The molecule has 2 amide bonds. The van der Waals surface area contributed by atoms with E-state index < -0.39 is 11.2 Å². The number of amidine groups is 1. The number of anilines is 1. The lowest BCUT2D eigenvalue weighted by Gasteiger charge is -2.27. The third-order valence-corrected chi connectivity index (χ3v) is 5.24. The number of hydrazone groups is 1. The Bertz CT molecular complexity index is 947. The Balaban J connectivity index is 1.69. The Morgan fingerprint density at radius 3 is 2.68 bits per heavy atom. The summed E-state index contributed by atoms with van der Waals surface area (Å²) >= 11 is 6.85. The van der Waals surface area contributed by atoms with Crippen LogP contribution in [0.3, 0.4) is 0 Å². The molecule has 6 nitrogen and oxygen atoms in total. The quantitative estimate of drug-likeness (QED) is 0.732. The van der Waals surface area contributed by atoms with E-state index in [1.165, 1.54) is 12.1 Å². The summed E-state index contributed by atoms with van der Waals surface area (Å²) in [4.78, 5) is 24.9. The second kappa shape index (κ2) is 8.53. The van der Waals surface area contributed by atoms with Gasteiger partial charge < -0.3 is 5.32 Å². The number of hydrogen-bond acceptors (Lipinski definition) is 5. The molecule has 2 N–H and O–H groups in total. The number of hydrogen-bond donors (Lipinski definition) is 2. The Hall–Kier alpha value is -2.71. The highest BCUT2D eigenvalue weighted by Gasteiger charge is 2.35. The van der Waals surface area contributed by atoms with Crippen LogP contribution in [0.5, 0.6) is 0 Å². The molecule has 1 fully saturated rings. The SMILES string of the molecule is CC(=NN1C(=N)SC(C(=O)Nc2cccc(Cl)c2)CC1=O)c1ccc(F)cc1. The fraction of sp³-hybridized carbons (Fsp3) is 0.158. The molecule has 3 rings (SSSR count). The molecule has 0 spiro atoms. The number of benzene rings is 2. The van der Waals surface area contributed by atoms with E-state index in [2.05, 4.69) is 10.4 Å². The van der Waals surface area contributed by atoms with E-state index in [0.29, 0.717) is 22.0 Å². The molecule has 9 heteroatoms. The van der Waals surface area contributed by atoms with Crippen molar-refractivity contribution in [1.82, 2.24) is 5.01 Å². The first-order valence-corrected chi connectivity index (χ1v) is 9.55. The molecule has 1 atom stereocenters. The second-order valence-corrected chi connectivity index (χ2v) is 7.64. The van der Waals surface area contributed by atoms with Crippen molar-refractivity contribution in [3.8, 4) is 0 Å². The van der Waals surface area contributed by atoms with Crippen molar-refractivity contribution in [2.45, 2.75) is 18.6 Å². The lowest BCUT2D eigenvalue weighted by atomic mass is 10.1. The minimum absolute atomic E-state index is 0.0976. The minimum atomic E-state index is -0.739. The summed E-state index contributed by atoms with van der Waals surface area (Å²) in [6, 6.07) is 12.3. The predicted molar refractivity (Wildman–Crippen MR) is 109 cm³/mol. The van der Waals surface area contributed by atoms with E-state index in [-0.39, 0.29) is 23.3 Å². The molecule has 144 valence electrons. The van der Waals surface area contributed by atoms with Gasteiger partial charge in [0.25, 0.3) is 5.91 Å². The summed E-state index contributed by atoms with van der Waals surface area (Å²) < 4.78 is 13.0. The van der Waals surface area contributed by atoms with Crippen LogP contribution < -0.4 is 5.32 Å². The first-order valence-electron chi connectivity index (χ1n) is 8.29. The Labute approximate surface area is 170 Å². The summed E-state index contributed by atoms with van der Waals surface area (Å²) in [5.74, 6) is -1.22. The van der Waals surface area contributed by atoms with E-state index in [1.54, 1.807) is 43.3 Å². The van der Waals surface area contributed by atoms with Gasteiger partial charge in [-0.15, -0.1) is 0 Å². The van der Waals surface area contributed by atoms with Gasteiger partial charge in [-0.25, -0.2) is 4.39 Å². The van der Waals surface area contributed by atoms with E-state index in [1.807, 2.05) is 0 Å². The van der Waals surface area contributed by atoms with Crippen molar-refractivity contribution in [2.75, 3.05) is 5.32 Å². The lowest BCUT2D eigenvalue weighted by Crippen LogP contribution is -2.42. The molecule has 28 heavy (non-hydrogen) atoms. The largest absolute Gasteiger partial charge is 0.325 e. The van der Waals surface area contributed by atoms with Gasteiger partial charge in [-0.1, -0.05) is 41.6 Å². The van der Waals surface area contributed by atoms with Gasteiger partial charge in [-0.3, -0.25) is 15.0 Å². The van der Waals surface area contributed by atoms with E-state index >= 15 is 0 Å². The van der Waals surface area contributed by atoms with Crippen molar-refractivity contribution in [3.05, 3.63) is 64.9 Å². The smallest absolute Gasteiger partial charge is 0.250 e. The van der Waals surface area contributed by atoms with Gasteiger partial charge in [0, 0.05) is 10.7 Å². The number of nitrogens with zero attached hydrogens (tertiary/aromatic N) is 2. The van der Waals surface area contributed by atoms with Crippen LogP contribution in [0, 0.1) is 11.2 Å². The van der Waals surface area contributed by atoms with Gasteiger partial charge in [-0.2, -0.15) is 10.1 Å². The number of rotatable bonds is 4. The van der Waals surface area contributed by atoms with Crippen LogP contribution >= 0.6 is 23.4 Å². The fourth-order valence-corrected chi connectivity index (χ4v) is 3.61. The van der Waals surface area contributed by atoms with Crippen molar-refractivity contribution in [1.29, 1.82) is 5.41 Å². The maximum absolute atomic E-state index is 13.0. The van der Waals surface area contributed by atoms with Gasteiger partial charge in [0.15, 0.2) is 5.17 Å². The average molecular weight is 419 g/mol. The number of carbonyl (C=O) groups excluding carboxylic acids is 2. The van der Waals surface area contributed by atoms with E-state index in [0.717, 1.165) is 16.8 Å². The van der Waals surface area contributed by atoms with Crippen LogP contribution in [0.2, 0.25) is 5.02 Å². The Morgan fingerprint density at radius 1 is 1.32 bits per heavy atom. The van der Waals surface area contributed by atoms with Crippen molar-refractivity contribution < 1.29 is 14.0 Å². The standard InChI is InChI=1S/C19H16ClFN4O2S/c1-11(12-5-7-14(21)8-6-12)24-25-17(26)10-16(28-19(25)22)18(27)23-15-4-2-3-13(20)9-15/h2-9,16,22H,10H2,1H3,(H,23,27). The number of carbonyl (C=O) groups is 2. The van der Waals surface area contributed by atoms with Crippen LogP contribution in [0.15, 0.2) is 53.6 Å². The van der Waals surface area contributed by atoms with Crippen LogP contribution in [-0.4, -0.2) is 33.0 Å². The highest BCUT2D eigenvalue weighted by atomic mass is 35.5. The highest BCUT2D eigenvalue weighted by Crippen LogP contribution is 2.27. The van der Waals surface area contributed by atoms with Crippen LogP contribution in [0.1, 0.15) is 18.9 Å².